The molecule has 2 aromatic rings. The van der Waals surface area contributed by atoms with Crippen molar-refractivity contribution in [2.45, 2.75) is 72.8 Å². The minimum atomic E-state index is -0.493. The van der Waals surface area contributed by atoms with E-state index in [2.05, 4.69) is 48.9 Å². The lowest BCUT2D eigenvalue weighted by molar-refractivity contribution is -0.384. The van der Waals surface area contributed by atoms with E-state index in [0.29, 0.717) is 46.6 Å². The molecular formula is C32H35BrN2O6. The van der Waals surface area contributed by atoms with Crippen LogP contribution in [0.2, 0.25) is 0 Å². The Morgan fingerprint density at radius 3 is 2.00 bits per heavy atom. The number of benzene rings is 2. The van der Waals surface area contributed by atoms with Gasteiger partial charge >= 0.3 is 0 Å². The summed E-state index contributed by atoms with van der Waals surface area (Å²) in [7, 11) is 0. The fraction of sp³-hybridized carbons (Fsp3) is 0.438. The number of carbonyl (C=O) groups excluding carboxylic acids is 2. The van der Waals surface area contributed by atoms with Gasteiger partial charge in [-0.15, -0.1) is 0 Å². The molecule has 0 radical (unpaired) electrons. The van der Waals surface area contributed by atoms with E-state index in [1.54, 1.807) is 12.1 Å². The van der Waals surface area contributed by atoms with Gasteiger partial charge in [0.15, 0.2) is 23.1 Å². The first kappa shape index (κ1) is 29.0. The van der Waals surface area contributed by atoms with Crippen LogP contribution in [-0.4, -0.2) is 23.1 Å². The Kier molecular flexibility index (Phi) is 7.61. The summed E-state index contributed by atoms with van der Waals surface area (Å²) < 4.78 is 12.8. The molecule has 0 spiro atoms. The lowest BCUT2D eigenvalue weighted by Gasteiger charge is -2.44. The number of hydrogen-bond acceptors (Lipinski definition) is 7. The van der Waals surface area contributed by atoms with E-state index < -0.39 is 10.8 Å². The van der Waals surface area contributed by atoms with Crippen LogP contribution >= 0.6 is 15.9 Å². The summed E-state index contributed by atoms with van der Waals surface area (Å²) in [5.41, 5.74) is 4.39. The summed E-state index contributed by atoms with van der Waals surface area (Å²) in [6.45, 7) is 10.9. The second-order valence-electron chi connectivity index (χ2n) is 12.7. The van der Waals surface area contributed by atoms with Crippen LogP contribution in [-0.2, 0) is 16.2 Å². The van der Waals surface area contributed by atoms with Crippen LogP contribution in [0.4, 0.5) is 5.69 Å². The Morgan fingerprint density at radius 2 is 1.49 bits per heavy atom. The summed E-state index contributed by atoms with van der Waals surface area (Å²) in [6, 6.07) is 10.00. The van der Waals surface area contributed by atoms with E-state index in [0.717, 1.165) is 35.4 Å². The number of nitrogens with one attached hydrogen (secondary N) is 1. The Morgan fingerprint density at radius 1 is 0.927 bits per heavy atom. The molecule has 216 valence electrons. The molecule has 0 aromatic heterocycles. The molecule has 0 atom stereocenters. The highest BCUT2D eigenvalue weighted by molar-refractivity contribution is 9.10. The summed E-state index contributed by atoms with van der Waals surface area (Å²) in [4.78, 5) is 37.9. The number of ketones is 2. The van der Waals surface area contributed by atoms with Gasteiger partial charge in [0.05, 0.1) is 16.0 Å². The number of nitro groups is 1. The van der Waals surface area contributed by atoms with Gasteiger partial charge in [-0.25, -0.2) is 0 Å². The average Bonchev–Trinajstić information content (AvgIpc) is 2.85. The van der Waals surface area contributed by atoms with Crippen LogP contribution in [0.1, 0.15) is 77.3 Å². The van der Waals surface area contributed by atoms with Gasteiger partial charge in [0, 0.05) is 53.4 Å². The minimum Gasteiger partial charge on any atom is -0.490 e. The highest BCUT2D eigenvalue weighted by Gasteiger charge is 2.46. The van der Waals surface area contributed by atoms with E-state index in [9.17, 15) is 19.7 Å². The molecule has 1 heterocycles. The van der Waals surface area contributed by atoms with Gasteiger partial charge in [0.2, 0.25) is 0 Å². The topological polar surface area (TPSA) is 108 Å². The number of nitro benzene ring substituents is 1. The second-order valence-corrected chi connectivity index (χ2v) is 13.6. The van der Waals surface area contributed by atoms with Crippen molar-refractivity contribution in [2.24, 2.45) is 10.8 Å². The highest BCUT2D eigenvalue weighted by Crippen LogP contribution is 2.52. The standard InChI is InChI=1S/C32H35BrN2O6/c1-6-40-26-12-19(11-21(33)30(26)41-17-18-7-9-20(10-8-18)35(38)39)27-28-22(13-31(2,3)15-24(28)36)34-23-14-32(4,5)16-25(37)29(23)27/h7-12,27,34H,6,13-17H2,1-5H3. The van der Waals surface area contributed by atoms with Gasteiger partial charge in [-0.05, 0) is 81.9 Å². The van der Waals surface area contributed by atoms with Crippen LogP contribution in [0.5, 0.6) is 11.5 Å². The molecule has 2 aliphatic carbocycles. The van der Waals surface area contributed by atoms with E-state index in [4.69, 9.17) is 9.47 Å². The number of dihydropyridines is 1. The molecule has 0 saturated carbocycles. The highest BCUT2D eigenvalue weighted by atomic mass is 79.9. The van der Waals surface area contributed by atoms with Crippen molar-refractivity contribution in [1.29, 1.82) is 0 Å². The van der Waals surface area contributed by atoms with E-state index >= 15 is 0 Å². The van der Waals surface area contributed by atoms with Gasteiger partial charge in [-0.1, -0.05) is 27.7 Å². The van der Waals surface area contributed by atoms with Crippen LogP contribution in [0.15, 0.2) is 63.4 Å². The number of Topliss-reactive ketones (excluding diaryl/α,β-unsaturated/α-hetero) is 2. The van der Waals surface area contributed by atoms with Crippen LogP contribution in [0.25, 0.3) is 0 Å². The molecular weight excluding hydrogens is 588 g/mol. The fourth-order valence-corrected chi connectivity index (χ4v) is 6.82. The predicted octanol–water partition coefficient (Wildman–Crippen LogP) is 7.31. The molecule has 0 saturated heterocycles. The lowest BCUT2D eigenvalue weighted by atomic mass is 9.64. The molecule has 5 rings (SSSR count). The zero-order chi connectivity index (χ0) is 29.7. The Bertz CT molecular complexity index is 1450. The number of non-ortho nitro benzene ring substituents is 1. The normalized spacial score (nSPS) is 19.9. The molecule has 0 fully saturated rings. The third-order valence-corrected chi connectivity index (χ3v) is 8.50. The van der Waals surface area contributed by atoms with Crippen LogP contribution < -0.4 is 14.8 Å². The van der Waals surface area contributed by atoms with Crippen molar-refractivity contribution >= 4 is 33.2 Å². The van der Waals surface area contributed by atoms with Gasteiger partial charge in [-0.3, -0.25) is 19.7 Å². The van der Waals surface area contributed by atoms with Crippen molar-refractivity contribution in [2.75, 3.05) is 6.61 Å². The van der Waals surface area contributed by atoms with Crippen molar-refractivity contribution in [3.63, 3.8) is 0 Å². The quantitative estimate of drug-likeness (QED) is 0.255. The van der Waals surface area contributed by atoms with Crippen molar-refractivity contribution in [1.82, 2.24) is 5.32 Å². The maximum absolute atomic E-state index is 13.7. The van der Waals surface area contributed by atoms with Gasteiger partial charge in [-0.2, -0.15) is 0 Å². The van der Waals surface area contributed by atoms with Crippen molar-refractivity contribution in [3.05, 3.63) is 84.7 Å². The Balaban J connectivity index is 1.57. The zero-order valence-electron chi connectivity index (χ0n) is 24.1. The average molecular weight is 624 g/mol. The first-order chi connectivity index (χ1) is 19.3. The number of nitrogens with zero attached hydrogens (tertiary/aromatic N) is 1. The smallest absolute Gasteiger partial charge is 0.269 e. The summed E-state index contributed by atoms with van der Waals surface area (Å²) in [5.74, 6) is 0.607. The molecule has 8 nitrogen and oxygen atoms in total. The van der Waals surface area contributed by atoms with Crippen molar-refractivity contribution in [3.8, 4) is 11.5 Å². The zero-order valence-corrected chi connectivity index (χ0v) is 25.6. The molecule has 9 heteroatoms. The number of ether oxygens (including phenoxy) is 2. The molecule has 1 aliphatic heterocycles. The molecule has 1 N–H and O–H groups in total. The third-order valence-electron chi connectivity index (χ3n) is 7.91. The monoisotopic (exact) mass is 622 g/mol. The fourth-order valence-electron chi connectivity index (χ4n) is 6.25. The number of halogens is 1. The Labute approximate surface area is 248 Å². The molecule has 2 aromatic carbocycles. The molecule has 0 unspecified atom stereocenters. The molecule has 0 amide bonds. The predicted molar refractivity (Wildman–Crippen MR) is 159 cm³/mol. The van der Waals surface area contributed by atoms with Crippen molar-refractivity contribution < 1.29 is 24.0 Å². The van der Waals surface area contributed by atoms with E-state index in [-0.39, 0.29) is 34.7 Å². The lowest BCUT2D eigenvalue weighted by Crippen LogP contribution is -2.42. The molecule has 41 heavy (non-hydrogen) atoms. The first-order valence-electron chi connectivity index (χ1n) is 13.9. The number of allylic oxidation sites excluding steroid dienone is 4. The van der Waals surface area contributed by atoms with E-state index in [1.165, 1.54) is 12.1 Å². The SMILES string of the molecule is CCOc1cc(C2C3=C(CC(C)(C)CC3=O)NC3=C2C(=O)CC(C)(C)C3)cc(Br)c1OCc1ccc([N+](=O)[O-])cc1. The second kappa shape index (κ2) is 10.7. The molecule has 3 aliphatic rings. The van der Waals surface area contributed by atoms with Gasteiger partial charge in [0.1, 0.15) is 6.61 Å². The van der Waals surface area contributed by atoms with E-state index in [1.807, 2.05) is 19.1 Å². The summed E-state index contributed by atoms with van der Waals surface area (Å²) >= 11 is 3.67. The summed E-state index contributed by atoms with van der Waals surface area (Å²) in [5, 5.41) is 14.5. The maximum atomic E-state index is 13.7. The Hall–Kier alpha value is -3.46. The summed E-state index contributed by atoms with van der Waals surface area (Å²) in [6.07, 6.45) is 2.29. The number of hydrogen-bond donors (Lipinski definition) is 1. The third kappa shape index (κ3) is 5.82. The number of carbonyl (C=O) groups is 2. The first-order valence-corrected chi connectivity index (χ1v) is 14.7. The minimum absolute atomic E-state index is 0.0138. The van der Waals surface area contributed by atoms with Gasteiger partial charge < -0.3 is 14.8 Å². The largest absolute Gasteiger partial charge is 0.490 e. The van der Waals surface area contributed by atoms with Crippen LogP contribution in [0.3, 0.4) is 0 Å². The van der Waals surface area contributed by atoms with Crippen LogP contribution in [0, 0.1) is 20.9 Å². The van der Waals surface area contributed by atoms with Gasteiger partial charge in [0.25, 0.3) is 5.69 Å². The number of rotatable bonds is 7. The molecule has 0 bridgehead atoms. The maximum Gasteiger partial charge on any atom is 0.269 e.